The first kappa shape index (κ1) is 36.6. The van der Waals surface area contributed by atoms with Crippen molar-refractivity contribution in [1.29, 1.82) is 0 Å². The first-order chi connectivity index (χ1) is 17.8. The van der Waals surface area contributed by atoms with Crippen LogP contribution in [0.2, 0.25) is 0 Å². The van der Waals surface area contributed by atoms with Crippen LogP contribution in [0.4, 0.5) is 0 Å². The normalized spacial score (nSPS) is 11.8. The summed E-state index contributed by atoms with van der Waals surface area (Å²) < 4.78 is 33.4. The average molecular weight is 557 g/mol. The third-order valence-corrected chi connectivity index (χ3v) is 13.5. The summed E-state index contributed by atoms with van der Waals surface area (Å²) in [4.78, 5) is -0.0528. The SMILES string of the molecule is CCCCCCCCCCc1ccccc1S(=O)(=O)[O-].CCCC[P+](CCCC)(CCCC)CCCC. The minimum absolute atomic E-state index is 0.0528. The maximum atomic E-state index is 11.1. The molecular formula is C32H61O3PS. The van der Waals surface area contributed by atoms with Crippen LogP contribution in [0.3, 0.4) is 0 Å². The number of hydrogen-bond acceptors (Lipinski definition) is 3. The Hall–Kier alpha value is -0.440. The van der Waals surface area contributed by atoms with Crippen LogP contribution in [0.15, 0.2) is 29.2 Å². The van der Waals surface area contributed by atoms with E-state index in [0.717, 1.165) is 12.8 Å². The molecule has 0 aliphatic carbocycles. The van der Waals surface area contributed by atoms with Gasteiger partial charge < -0.3 is 4.55 Å². The second-order valence-electron chi connectivity index (χ2n) is 10.9. The summed E-state index contributed by atoms with van der Waals surface area (Å²) in [5.74, 6) is 0. The van der Waals surface area contributed by atoms with Gasteiger partial charge in [-0.15, -0.1) is 0 Å². The van der Waals surface area contributed by atoms with Crippen LogP contribution in [-0.4, -0.2) is 37.6 Å². The second kappa shape index (κ2) is 23.4. The molecule has 37 heavy (non-hydrogen) atoms. The molecule has 0 saturated heterocycles. The fraction of sp³-hybridized carbons (Fsp3) is 0.812. The van der Waals surface area contributed by atoms with Crippen molar-refractivity contribution in [1.82, 2.24) is 0 Å². The first-order valence-electron chi connectivity index (χ1n) is 15.7. The molecule has 0 aliphatic rings. The van der Waals surface area contributed by atoms with Crippen molar-refractivity contribution in [3.05, 3.63) is 29.8 Å². The van der Waals surface area contributed by atoms with Gasteiger partial charge in [-0.05, 0) is 50.2 Å². The molecule has 0 atom stereocenters. The number of hydrogen-bond donors (Lipinski definition) is 0. The zero-order valence-electron chi connectivity index (χ0n) is 25.2. The highest BCUT2D eigenvalue weighted by Crippen LogP contribution is 2.61. The van der Waals surface area contributed by atoms with Crippen LogP contribution in [0.5, 0.6) is 0 Å². The molecule has 0 spiro atoms. The smallest absolute Gasteiger partial charge is 0.124 e. The Morgan fingerprint density at radius 3 is 1.35 bits per heavy atom. The van der Waals surface area contributed by atoms with Gasteiger partial charge in [0.2, 0.25) is 0 Å². The van der Waals surface area contributed by atoms with Gasteiger partial charge in [0.25, 0.3) is 0 Å². The van der Waals surface area contributed by atoms with E-state index >= 15 is 0 Å². The molecule has 1 aromatic rings. The topological polar surface area (TPSA) is 57.2 Å². The maximum Gasteiger partial charge on any atom is 0.124 e. The number of aryl methyl sites for hydroxylation is 1. The lowest BCUT2D eigenvalue weighted by Gasteiger charge is -2.28. The highest BCUT2D eigenvalue weighted by Gasteiger charge is 2.34. The van der Waals surface area contributed by atoms with Crippen LogP contribution in [0.25, 0.3) is 0 Å². The Bertz CT molecular complexity index is 711. The molecule has 0 bridgehead atoms. The summed E-state index contributed by atoms with van der Waals surface area (Å²) >= 11 is 0. The summed E-state index contributed by atoms with van der Waals surface area (Å²) in [7, 11) is -4.90. The van der Waals surface area contributed by atoms with Gasteiger partial charge in [-0.2, -0.15) is 0 Å². The third-order valence-electron chi connectivity index (χ3n) is 7.49. The summed E-state index contributed by atoms with van der Waals surface area (Å²) in [6, 6.07) is 6.53. The van der Waals surface area contributed by atoms with Gasteiger partial charge in [-0.3, -0.25) is 0 Å². The molecule has 0 aromatic heterocycles. The van der Waals surface area contributed by atoms with Crippen LogP contribution in [-0.2, 0) is 16.5 Å². The Labute approximate surface area is 233 Å². The first-order valence-corrected chi connectivity index (χ1v) is 19.6. The second-order valence-corrected chi connectivity index (χ2v) is 16.8. The molecule has 1 rings (SSSR count). The van der Waals surface area contributed by atoms with Crippen molar-refractivity contribution in [2.45, 2.75) is 149 Å². The Balaban J connectivity index is 0.000000712. The average Bonchev–Trinajstić information content (AvgIpc) is 2.89. The minimum Gasteiger partial charge on any atom is -0.744 e. The molecule has 0 unspecified atom stereocenters. The lowest BCUT2D eigenvalue weighted by Crippen LogP contribution is -2.12. The highest BCUT2D eigenvalue weighted by atomic mass is 32.2. The molecule has 0 amide bonds. The molecule has 0 N–H and O–H groups in total. The van der Waals surface area contributed by atoms with Gasteiger partial charge in [-0.25, -0.2) is 8.42 Å². The summed E-state index contributed by atoms with van der Waals surface area (Å²) in [5.41, 5.74) is 0.661. The number of rotatable bonds is 22. The van der Waals surface area contributed by atoms with Crippen LogP contribution in [0, 0.1) is 0 Å². The molecule has 0 heterocycles. The van der Waals surface area contributed by atoms with E-state index in [1.54, 1.807) is 42.8 Å². The molecule has 0 radical (unpaired) electrons. The van der Waals surface area contributed by atoms with Crippen molar-refractivity contribution in [3.63, 3.8) is 0 Å². The Morgan fingerprint density at radius 1 is 0.568 bits per heavy atom. The van der Waals surface area contributed by atoms with E-state index < -0.39 is 17.4 Å². The zero-order chi connectivity index (χ0) is 27.8. The third kappa shape index (κ3) is 18.5. The van der Waals surface area contributed by atoms with Crippen molar-refractivity contribution in [2.75, 3.05) is 24.6 Å². The van der Waals surface area contributed by atoms with Gasteiger partial charge in [0.15, 0.2) is 0 Å². The Morgan fingerprint density at radius 2 is 0.946 bits per heavy atom. The lowest BCUT2D eigenvalue weighted by molar-refractivity contribution is 0.461. The molecule has 1 aromatic carbocycles. The van der Waals surface area contributed by atoms with Gasteiger partial charge in [0.05, 0.1) is 29.5 Å². The molecule has 0 aliphatic heterocycles. The fourth-order valence-corrected chi connectivity index (χ4v) is 11.1. The van der Waals surface area contributed by atoms with E-state index in [-0.39, 0.29) is 4.90 Å². The fourth-order valence-electron chi connectivity index (χ4n) is 5.05. The van der Waals surface area contributed by atoms with Gasteiger partial charge in [0, 0.05) is 7.26 Å². The molecule has 0 saturated carbocycles. The predicted octanol–water partition coefficient (Wildman–Crippen LogP) is 10.5. The Kier molecular flexibility index (Phi) is 23.2. The van der Waals surface area contributed by atoms with Crippen molar-refractivity contribution < 1.29 is 13.0 Å². The number of benzene rings is 1. The van der Waals surface area contributed by atoms with E-state index in [2.05, 4.69) is 34.6 Å². The minimum atomic E-state index is -4.34. The molecule has 5 heteroatoms. The van der Waals surface area contributed by atoms with Crippen molar-refractivity contribution >= 4 is 17.4 Å². The van der Waals surface area contributed by atoms with Gasteiger partial charge in [0.1, 0.15) is 10.1 Å². The number of unbranched alkanes of at least 4 members (excludes halogenated alkanes) is 11. The van der Waals surface area contributed by atoms with E-state index in [1.807, 2.05) is 0 Å². The molecule has 3 nitrogen and oxygen atoms in total. The van der Waals surface area contributed by atoms with Gasteiger partial charge >= 0.3 is 0 Å². The summed E-state index contributed by atoms with van der Waals surface area (Å²) in [5, 5.41) is 0. The van der Waals surface area contributed by atoms with Gasteiger partial charge in [-0.1, -0.05) is 123 Å². The largest absolute Gasteiger partial charge is 0.744 e. The van der Waals surface area contributed by atoms with Crippen molar-refractivity contribution in [3.8, 4) is 0 Å². The van der Waals surface area contributed by atoms with Crippen LogP contribution < -0.4 is 0 Å². The molecule has 218 valence electrons. The highest BCUT2D eigenvalue weighted by molar-refractivity contribution is 7.85. The standard InChI is InChI=1S/C16H26O3S.C16H36P/c1-2-3-4-5-6-7-8-9-12-15-13-10-11-14-16(15)20(17,18)19;1-5-9-13-17(14-10-6-2,15-11-7-3)16-12-8-4/h10-11,13-14H,2-9,12H2,1H3,(H,17,18,19);5-16H2,1-4H3/q;+1/p-1. The van der Waals surface area contributed by atoms with E-state index in [0.29, 0.717) is 12.0 Å². The summed E-state index contributed by atoms with van der Waals surface area (Å²) in [6.45, 7) is 11.6. The van der Waals surface area contributed by atoms with Crippen molar-refractivity contribution in [2.24, 2.45) is 0 Å². The monoisotopic (exact) mass is 556 g/mol. The summed E-state index contributed by atoms with van der Waals surface area (Å²) in [6.07, 6.45) is 28.3. The molecule has 0 fully saturated rings. The van der Waals surface area contributed by atoms with Crippen LogP contribution in [0.1, 0.15) is 143 Å². The maximum absolute atomic E-state index is 11.1. The lowest BCUT2D eigenvalue weighted by atomic mass is 10.0. The zero-order valence-corrected chi connectivity index (χ0v) is 26.9. The predicted molar refractivity (Wildman–Crippen MR) is 167 cm³/mol. The van der Waals surface area contributed by atoms with E-state index in [1.165, 1.54) is 96.0 Å². The van der Waals surface area contributed by atoms with Crippen LogP contribution >= 0.6 is 7.26 Å². The molecular weight excluding hydrogens is 495 g/mol. The quantitative estimate of drug-likeness (QED) is 0.0810. The van der Waals surface area contributed by atoms with E-state index in [9.17, 15) is 13.0 Å². The van der Waals surface area contributed by atoms with E-state index in [4.69, 9.17) is 0 Å².